The first-order valence-corrected chi connectivity index (χ1v) is 7.86. The highest BCUT2D eigenvalue weighted by Gasteiger charge is 2.58. The van der Waals surface area contributed by atoms with Gasteiger partial charge < -0.3 is 19.7 Å². The van der Waals surface area contributed by atoms with E-state index in [9.17, 15) is 19.8 Å². The van der Waals surface area contributed by atoms with Gasteiger partial charge in [0.15, 0.2) is 11.5 Å². The fourth-order valence-electron chi connectivity index (χ4n) is 2.79. The van der Waals surface area contributed by atoms with E-state index in [0.717, 1.165) is 16.7 Å². The average molecular weight is 343 g/mol. The molecule has 0 fully saturated rings. The Kier molecular flexibility index (Phi) is 4.75. The number of ether oxygens (including phenoxy) is 2. The maximum Gasteiger partial charge on any atom is 0.453 e. The van der Waals surface area contributed by atoms with Gasteiger partial charge in [0.25, 0.3) is 0 Å². The van der Waals surface area contributed by atoms with E-state index < -0.39 is 17.7 Å². The summed E-state index contributed by atoms with van der Waals surface area (Å²) in [7, 11) is 0. The first-order chi connectivity index (χ1) is 10.8. The summed E-state index contributed by atoms with van der Waals surface area (Å²) in [6, 6.07) is 1.65. The predicted octanol–water partition coefficient (Wildman–Crippen LogP) is 2.62. The topological polar surface area (TPSA) is 93.1 Å². The Hall–Kier alpha value is -1.95. The van der Waals surface area contributed by atoms with Crippen LogP contribution in [0, 0.1) is 0 Å². The molecule has 0 spiro atoms. The number of benzene rings is 1. The summed E-state index contributed by atoms with van der Waals surface area (Å²) in [5.74, 6) is -5.80. The number of hydrogen-bond donors (Lipinski definition) is 2. The first-order valence-electron chi connectivity index (χ1n) is 7.43. The molecule has 1 heterocycles. The van der Waals surface area contributed by atoms with Crippen molar-refractivity contribution < 1.29 is 29.3 Å². The van der Waals surface area contributed by atoms with E-state index >= 15 is 0 Å². The lowest BCUT2D eigenvalue weighted by atomic mass is 9.93. The van der Waals surface area contributed by atoms with Crippen LogP contribution >= 0.6 is 11.6 Å². The first kappa shape index (κ1) is 17.4. The van der Waals surface area contributed by atoms with Crippen molar-refractivity contribution in [2.24, 2.45) is 0 Å². The van der Waals surface area contributed by atoms with Gasteiger partial charge in [-0.05, 0) is 43.4 Å². The van der Waals surface area contributed by atoms with Crippen LogP contribution in [0.3, 0.4) is 0 Å². The summed E-state index contributed by atoms with van der Waals surface area (Å²) in [5.41, 5.74) is 2.66. The molecule has 6 nitrogen and oxygen atoms in total. The van der Waals surface area contributed by atoms with Gasteiger partial charge in [-0.1, -0.05) is 13.8 Å². The maximum absolute atomic E-state index is 11.4. The van der Waals surface area contributed by atoms with Gasteiger partial charge in [0, 0.05) is 10.9 Å². The quantitative estimate of drug-likeness (QED) is 0.609. The Morgan fingerprint density at radius 1 is 1.17 bits per heavy atom. The highest BCUT2D eigenvalue weighted by molar-refractivity contribution is 6.20. The van der Waals surface area contributed by atoms with Gasteiger partial charge in [-0.3, -0.25) is 0 Å². The molecule has 2 rings (SSSR count). The van der Waals surface area contributed by atoms with Gasteiger partial charge in [0.1, 0.15) is 0 Å². The summed E-state index contributed by atoms with van der Waals surface area (Å²) in [4.78, 5) is 22.8. The molecule has 0 unspecified atom stereocenters. The molecule has 1 aromatic carbocycles. The third kappa shape index (κ3) is 2.83. The molecular weight excluding hydrogens is 324 g/mol. The van der Waals surface area contributed by atoms with E-state index in [0.29, 0.717) is 19.3 Å². The predicted molar refractivity (Wildman–Crippen MR) is 83.5 cm³/mol. The molecule has 0 saturated heterocycles. The van der Waals surface area contributed by atoms with Crippen LogP contribution < -0.4 is 9.47 Å². The number of alkyl halides is 1. The standard InChI is InChI=1S/C16H19ClO6/c1-4-9-7-12-13(10(5-2)11(9)6-8(3)17)23-16(22-12,14(18)19)15(20)21/h7-8H,4-6H2,1-3H3,(H,18,19)(H,20,21)/t8-/m0/s1. The summed E-state index contributed by atoms with van der Waals surface area (Å²) < 4.78 is 10.5. The second-order valence-electron chi connectivity index (χ2n) is 5.44. The number of rotatable bonds is 6. The average Bonchev–Trinajstić information content (AvgIpc) is 2.86. The maximum atomic E-state index is 11.4. The molecule has 0 aliphatic carbocycles. The zero-order chi connectivity index (χ0) is 17.4. The van der Waals surface area contributed by atoms with Crippen molar-refractivity contribution >= 4 is 23.5 Å². The molecule has 1 aliphatic heterocycles. The third-order valence-corrected chi connectivity index (χ3v) is 3.99. The lowest BCUT2D eigenvalue weighted by Gasteiger charge is -2.18. The molecular formula is C16H19ClO6. The number of carboxylic acid groups (broad SMARTS) is 2. The van der Waals surface area contributed by atoms with Crippen molar-refractivity contribution in [3.8, 4) is 11.5 Å². The van der Waals surface area contributed by atoms with E-state index in [2.05, 4.69) is 0 Å². The van der Waals surface area contributed by atoms with Crippen LogP contribution in [0.2, 0.25) is 0 Å². The molecule has 0 bridgehead atoms. The summed E-state index contributed by atoms with van der Waals surface area (Å²) in [5, 5.41) is 18.4. The Bertz CT molecular complexity index is 638. The molecule has 23 heavy (non-hydrogen) atoms. The van der Waals surface area contributed by atoms with Crippen LogP contribution in [0.1, 0.15) is 37.5 Å². The molecule has 0 amide bonds. The van der Waals surface area contributed by atoms with Gasteiger partial charge in [-0.2, -0.15) is 0 Å². The van der Waals surface area contributed by atoms with Gasteiger partial charge in [-0.15, -0.1) is 11.6 Å². The van der Waals surface area contributed by atoms with Crippen LogP contribution in [0.4, 0.5) is 0 Å². The van der Waals surface area contributed by atoms with Crippen LogP contribution in [0.25, 0.3) is 0 Å². The van der Waals surface area contributed by atoms with Crippen molar-refractivity contribution in [2.75, 3.05) is 0 Å². The Labute approximate surface area is 139 Å². The second kappa shape index (κ2) is 6.28. The zero-order valence-electron chi connectivity index (χ0n) is 13.2. The van der Waals surface area contributed by atoms with Crippen molar-refractivity contribution in [3.05, 3.63) is 22.8 Å². The molecule has 0 radical (unpaired) electrons. The van der Waals surface area contributed by atoms with E-state index in [1.165, 1.54) is 0 Å². The number of aryl methyl sites for hydroxylation is 1. The van der Waals surface area contributed by atoms with Gasteiger partial charge in [0.2, 0.25) is 0 Å². The minimum Gasteiger partial charge on any atom is -0.475 e. The van der Waals surface area contributed by atoms with Crippen molar-refractivity contribution in [1.82, 2.24) is 0 Å². The number of fused-ring (bicyclic) bond motifs is 1. The van der Waals surface area contributed by atoms with E-state index in [4.69, 9.17) is 21.1 Å². The molecule has 0 saturated carbocycles. The van der Waals surface area contributed by atoms with Crippen molar-refractivity contribution in [3.63, 3.8) is 0 Å². The van der Waals surface area contributed by atoms with Crippen LogP contribution in [-0.2, 0) is 28.9 Å². The lowest BCUT2D eigenvalue weighted by Crippen LogP contribution is -2.54. The number of carbonyl (C=O) groups is 2. The lowest BCUT2D eigenvalue weighted by molar-refractivity contribution is -0.194. The SMILES string of the molecule is CCc1cc2c(c(CC)c1C[C@H](C)Cl)OC(C(=O)O)(C(=O)O)O2. The number of aliphatic carboxylic acids is 2. The molecule has 2 N–H and O–H groups in total. The number of hydrogen-bond acceptors (Lipinski definition) is 4. The van der Waals surface area contributed by atoms with Crippen molar-refractivity contribution in [2.45, 2.75) is 51.2 Å². The Morgan fingerprint density at radius 2 is 1.78 bits per heavy atom. The van der Waals surface area contributed by atoms with Gasteiger partial charge in [-0.25, -0.2) is 9.59 Å². The monoisotopic (exact) mass is 342 g/mol. The third-order valence-electron chi connectivity index (χ3n) is 3.84. The van der Waals surface area contributed by atoms with Gasteiger partial charge >= 0.3 is 17.7 Å². The largest absolute Gasteiger partial charge is 0.475 e. The minimum absolute atomic E-state index is 0.116. The molecule has 1 aliphatic rings. The second-order valence-corrected chi connectivity index (χ2v) is 6.19. The van der Waals surface area contributed by atoms with Crippen molar-refractivity contribution in [1.29, 1.82) is 0 Å². The molecule has 126 valence electrons. The molecule has 0 aromatic heterocycles. The summed E-state index contributed by atoms with van der Waals surface area (Å²) in [6.45, 7) is 5.72. The van der Waals surface area contributed by atoms with Crippen LogP contribution in [0.15, 0.2) is 6.07 Å². The summed E-state index contributed by atoms with van der Waals surface area (Å²) in [6.07, 6.45) is 1.82. The number of halogens is 1. The van der Waals surface area contributed by atoms with E-state index in [-0.39, 0.29) is 16.9 Å². The van der Waals surface area contributed by atoms with Crippen LogP contribution in [0.5, 0.6) is 11.5 Å². The molecule has 1 atom stereocenters. The van der Waals surface area contributed by atoms with Crippen LogP contribution in [-0.4, -0.2) is 33.3 Å². The van der Waals surface area contributed by atoms with E-state index in [1.54, 1.807) is 6.07 Å². The van der Waals surface area contributed by atoms with E-state index in [1.807, 2.05) is 20.8 Å². The summed E-state index contributed by atoms with van der Waals surface area (Å²) >= 11 is 6.12. The smallest absolute Gasteiger partial charge is 0.453 e. The fourth-order valence-corrected chi connectivity index (χ4v) is 2.94. The highest BCUT2D eigenvalue weighted by atomic mass is 35.5. The minimum atomic E-state index is -2.73. The molecule has 7 heteroatoms. The normalized spacial score (nSPS) is 16.2. The van der Waals surface area contributed by atoms with Gasteiger partial charge in [0.05, 0.1) is 0 Å². The highest BCUT2D eigenvalue weighted by Crippen LogP contribution is 2.46. The molecule has 1 aromatic rings. The number of carboxylic acids is 2. The Balaban J connectivity index is 2.63. The fraction of sp³-hybridized carbons (Fsp3) is 0.500. The Morgan fingerprint density at radius 3 is 2.22 bits per heavy atom. The zero-order valence-corrected chi connectivity index (χ0v) is 13.9.